The molecule has 1 rings (SSSR count). The van der Waals surface area contributed by atoms with E-state index in [9.17, 15) is 0 Å². The maximum atomic E-state index is 8.35. The van der Waals surface area contributed by atoms with E-state index in [1.807, 2.05) is 0 Å². The van der Waals surface area contributed by atoms with E-state index >= 15 is 0 Å². The van der Waals surface area contributed by atoms with Crippen molar-refractivity contribution >= 4 is 0 Å². The molecule has 0 N–H and O–H groups in total. The van der Waals surface area contributed by atoms with E-state index in [1.165, 1.54) is 0 Å². The van der Waals surface area contributed by atoms with Crippen molar-refractivity contribution in [2.24, 2.45) is 0 Å². The Morgan fingerprint density at radius 1 is 0.667 bits per heavy atom. The van der Waals surface area contributed by atoms with Crippen molar-refractivity contribution in [3.63, 3.8) is 0 Å². The molecule has 0 atom stereocenters. The summed E-state index contributed by atoms with van der Waals surface area (Å²) in [4.78, 5) is 11.1. The van der Waals surface area contributed by atoms with Crippen molar-refractivity contribution in [1.82, 2.24) is 15.0 Å². The van der Waals surface area contributed by atoms with E-state index < -0.39 is 0 Å². The maximum Gasteiger partial charge on any atom is 0.326 e. The number of rotatable bonds is 6. The van der Waals surface area contributed by atoms with Gasteiger partial charge in [0.2, 0.25) is 0 Å². The molecule has 1 aromatic rings. The van der Waals surface area contributed by atoms with Crippen LogP contribution in [0.5, 0.6) is 18.0 Å². The first kappa shape index (κ1) is 12.9. The third-order valence-corrected chi connectivity index (χ3v) is 1.37. The second-order valence-electron chi connectivity index (χ2n) is 2.52. The number of ether oxygens (including phenoxy) is 3. The van der Waals surface area contributed by atoms with Crippen LogP contribution in [-0.2, 0) is 0 Å². The smallest absolute Gasteiger partial charge is 0.326 e. The SMILES string of the molecule is N#CCOc1nc(OCC#N)nc(OCC#N)n1. The van der Waals surface area contributed by atoms with Crippen LogP contribution in [0.1, 0.15) is 0 Å². The van der Waals surface area contributed by atoms with Crippen LogP contribution in [0.3, 0.4) is 0 Å². The van der Waals surface area contributed by atoms with Gasteiger partial charge in [-0.2, -0.15) is 15.8 Å². The zero-order chi connectivity index (χ0) is 13.2. The monoisotopic (exact) mass is 246 g/mol. The molecule has 18 heavy (non-hydrogen) atoms. The van der Waals surface area contributed by atoms with Crippen LogP contribution in [-0.4, -0.2) is 34.8 Å². The number of hydrogen-bond donors (Lipinski definition) is 0. The van der Waals surface area contributed by atoms with E-state index in [1.54, 1.807) is 18.2 Å². The lowest BCUT2D eigenvalue weighted by Crippen LogP contribution is -2.07. The highest BCUT2D eigenvalue weighted by molar-refractivity contribution is 5.10. The van der Waals surface area contributed by atoms with Gasteiger partial charge in [-0.05, 0) is 0 Å². The molecule has 1 aromatic heterocycles. The quantitative estimate of drug-likeness (QED) is 0.654. The summed E-state index contributed by atoms with van der Waals surface area (Å²) in [6.07, 6.45) is 0. The van der Waals surface area contributed by atoms with Crippen molar-refractivity contribution < 1.29 is 14.2 Å². The van der Waals surface area contributed by atoms with Crippen molar-refractivity contribution in [3.8, 4) is 36.2 Å². The first-order valence-electron chi connectivity index (χ1n) is 4.55. The van der Waals surface area contributed by atoms with Crippen LogP contribution in [0.15, 0.2) is 0 Å². The Labute approximate surface area is 102 Å². The number of aromatic nitrogens is 3. The first-order valence-corrected chi connectivity index (χ1v) is 4.55. The van der Waals surface area contributed by atoms with Gasteiger partial charge in [-0.3, -0.25) is 0 Å². The fourth-order valence-corrected chi connectivity index (χ4v) is 0.805. The molecular weight excluding hydrogens is 240 g/mol. The third kappa shape index (κ3) is 4.17. The largest absolute Gasteiger partial charge is 0.448 e. The van der Waals surface area contributed by atoms with Crippen molar-refractivity contribution in [1.29, 1.82) is 15.8 Å². The Balaban J connectivity index is 2.86. The minimum Gasteiger partial charge on any atom is -0.448 e. The molecule has 0 amide bonds. The fourth-order valence-electron chi connectivity index (χ4n) is 0.805. The molecule has 0 aliphatic heterocycles. The van der Waals surface area contributed by atoms with Crippen LogP contribution in [0.25, 0.3) is 0 Å². The molecule has 9 nitrogen and oxygen atoms in total. The van der Waals surface area contributed by atoms with E-state index in [0.717, 1.165) is 0 Å². The van der Waals surface area contributed by atoms with Gasteiger partial charge in [-0.1, -0.05) is 0 Å². The molecule has 0 spiro atoms. The summed E-state index contributed by atoms with van der Waals surface area (Å²) in [6, 6.07) is 4.63. The minimum atomic E-state index is -0.264. The summed E-state index contributed by atoms with van der Waals surface area (Å²) in [7, 11) is 0. The van der Waals surface area contributed by atoms with Gasteiger partial charge >= 0.3 is 18.0 Å². The summed E-state index contributed by atoms with van der Waals surface area (Å²) < 4.78 is 14.5. The molecule has 0 radical (unpaired) electrons. The molecule has 0 aromatic carbocycles. The summed E-state index contributed by atoms with van der Waals surface area (Å²) in [5, 5.41) is 25.1. The second kappa shape index (κ2) is 7.20. The molecule has 0 bridgehead atoms. The molecule has 90 valence electrons. The molecule has 0 saturated heterocycles. The Bertz CT molecular complexity index is 438. The topological polar surface area (TPSA) is 138 Å². The van der Waals surface area contributed by atoms with Crippen LogP contribution in [0.4, 0.5) is 0 Å². The Morgan fingerprint density at radius 3 is 1.17 bits per heavy atom. The average molecular weight is 246 g/mol. The second-order valence-corrected chi connectivity index (χ2v) is 2.52. The van der Waals surface area contributed by atoms with Crippen LogP contribution < -0.4 is 14.2 Å². The number of nitriles is 3. The van der Waals surface area contributed by atoms with E-state index in [-0.39, 0.29) is 37.9 Å². The highest BCUT2D eigenvalue weighted by Gasteiger charge is 2.09. The molecule has 0 aliphatic carbocycles. The van der Waals surface area contributed by atoms with Crippen LogP contribution in [0.2, 0.25) is 0 Å². The minimum absolute atomic E-state index is 0.188. The van der Waals surface area contributed by atoms with Gasteiger partial charge in [-0.25, -0.2) is 0 Å². The average Bonchev–Trinajstić information content (AvgIpc) is 2.40. The first-order chi connectivity index (χ1) is 8.80. The zero-order valence-corrected chi connectivity index (χ0v) is 9.03. The molecule has 0 aliphatic rings. The van der Waals surface area contributed by atoms with Crippen LogP contribution in [0, 0.1) is 34.0 Å². The predicted octanol–water partition coefficient (Wildman–Crippen LogP) is -0.421. The van der Waals surface area contributed by atoms with Crippen molar-refractivity contribution in [2.45, 2.75) is 0 Å². The molecule has 0 unspecified atom stereocenters. The Morgan fingerprint density at radius 2 is 0.944 bits per heavy atom. The number of nitrogens with zero attached hydrogens (tertiary/aromatic N) is 6. The lowest BCUT2D eigenvalue weighted by Gasteiger charge is -2.05. The van der Waals surface area contributed by atoms with E-state index in [2.05, 4.69) is 15.0 Å². The van der Waals surface area contributed by atoms with Crippen molar-refractivity contribution in [2.75, 3.05) is 19.8 Å². The summed E-state index contributed by atoms with van der Waals surface area (Å²) in [5.74, 6) is 0. The Hall–Kier alpha value is -3.12. The van der Waals surface area contributed by atoms with Gasteiger partial charge in [0.15, 0.2) is 19.8 Å². The molecule has 0 fully saturated rings. The van der Waals surface area contributed by atoms with Gasteiger partial charge < -0.3 is 14.2 Å². The Kier molecular flexibility index (Phi) is 5.18. The maximum absolute atomic E-state index is 8.35. The standard InChI is InChI=1S/C9H6N6O3/c10-1-4-16-7-13-8(17-5-2-11)15-9(14-7)18-6-3-12/h4-6H2. The summed E-state index contributed by atoms with van der Waals surface area (Å²) >= 11 is 0. The van der Waals surface area contributed by atoms with Gasteiger partial charge in [0.05, 0.1) is 0 Å². The third-order valence-electron chi connectivity index (χ3n) is 1.37. The summed E-state index contributed by atoms with van der Waals surface area (Å²) in [6.45, 7) is -0.793. The van der Waals surface area contributed by atoms with Crippen molar-refractivity contribution in [3.05, 3.63) is 0 Å². The van der Waals surface area contributed by atoms with Gasteiger partial charge in [-0.15, -0.1) is 15.0 Å². The van der Waals surface area contributed by atoms with Crippen LogP contribution >= 0.6 is 0 Å². The van der Waals surface area contributed by atoms with Gasteiger partial charge in [0.25, 0.3) is 0 Å². The van der Waals surface area contributed by atoms with Gasteiger partial charge in [0, 0.05) is 0 Å². The van der Waals surface area contributed by atoms with E-state index in [0.29, 0.717) is 0 Å². The fraction of sp³-hybridized carbons (Fsp3) is 0.333. The molecule has 9 heteroatoms. The number of hydrogen-bond acceptors (Lipinski definition) is 9. The normalized spacial score (nSPS) is 8.50. The highest BCUT2D eigenvalue weighted by Crippen LogP contribution is 2.14. The van der Waals surface area contributed by atoms with E-state index in [4.69, 9.17) is 30.0 Å². The summed E-state index contributed by atoms with van der Waals surface area (Å²) in [5.41, 5.74) is 0. The molecular formula is C9H6N6O3. The predicted molar refractivity (Wildman–Crippen MR) is 53.2 cm³/mol. The highest BCUT2D eigenvalue weighted by atomic mass is 16.5. The molecule has 1 heterocycles. The zero-order valence-electron chi connectivity index (χ0n) is 9.03. The van der Waals surface area contributed by atoms with Gasteiger partial charge in [0.1, 0.15) is 18.2 Å². The lowest BCUT2D eigenvalue weighted by atomic mass is 10.8. The molecule has 0 saturated carbocycles. The lowest BCUT2D eigenvalue weighted by molar-refractivity contribution is 0.272.